The molecule has 1 fully saturated rings. The van der Waals surface area contributed by atoms with E-state index in [1.807, 2.05) is 24.3 Å². The molecule has 1 heterocycles. The first-order chi connectivity index (χ1) is 12.0. The zero-order valence-corrected chi connectivity index (χ0v) is 14.8. The summed E-state index contributed by atoms with van der Waals surface area (Å²) >= 11 is 0. The van der Waals surface area contributed by atoms with E-state index in [0.717, 1.165) is 29.7 Å². The molecule has 1 atom stereocenters. The molecular weight excluding hydrogens is 314 g/mol. The lowest BCUT2D eigenvalue weighted by atomic mass is 10.0. The van der Waals surface area contributed by atoms with E-state index >= 15 is 0 Å². The maximum atomic E-state index is 11.3. The number of carboxylic acid groups (broad SMARTS) is 1. The highest BCUT2D eigenvalue weighted by atomic mass is 16.5. The smallest absolute Gasteiger partial charge is 0.407 e. The van der Waals surface area contributed by atoms with Crippen LogP contribution in [0, 0.1) is 0 Å². The number of nitrogens with zero attached hydrogens (tertiary/aromatic N) is 1. The van der Waals surface area contributed by atoms with Crippen molar-refractivity contribution in [1.82, 2.24) is 4.90 Å². The number of hydrogen-bond donors (Lipinski definition) is 1. The molecular formula is C21H25NO3. The number of carbonyl (C=O) groups is 1. The Bertz CT molecular complexity index is 707. The summed E-state index contributed by atoms with van der Waals surface area (Å²) in [6, 6.07) is 16.3. The summed E-state index contributed by atoms with van der Waals surface area (Å²) in [5.74, 6) is 1.33. The lowest BCUT2D eigenvalue weighted by molar-refractivity contribution is 0.140. The van der Waals surface area contributed by atoms with Crippen LogP contribution in [0.2, 0.25) is 0 Å². The van der Waals surface area contributed by atoms with Crippen LogP contribution in [0.4, 0.5) is 4.79 Å². The number of benzene rings is 2. The van der Waals surface area contributed by atoms with E-state index in [1.54, 1.807) is 0 Å². The van der Waals surface area contributed by atoms with Gasteiger partial charge >= 0.3 is 6.09 Å². The van der Waals surface area contributed by atoms with E-state index in [2.05, 4.69) is 38.1 Å². The maximum absolute atomic E-state index is 11.3. The Morgan fingerprint density at radius 1 is 1.16 bits per heavy atom. The third-order valence-corrected chi connectivity index (χ3v) is 4.82. The molecule has 0 aliphatic carbocycles. The molecule has 4 nitrogen and oxygen atoms in total. The molecule has 25 heavy (non-hydrogen) atoms. The van der Waals surface area contributed by atoms with Gasteiger partial charge in [0.15, 0.2) is 0 Å². The predicted octanol–water partition coefficient (Wildman–Crippen LogP) is 5.20. The molecule has 2 aromatic rings. The number of rotatable bonds is 5. The van der Waals surface area contributed by atoms with Gasteiger partial charge in [-0.2, -0.15) is 0 Å². The number of likely N-dealkylation sites (tertiary alicyclic amines) is 1. The Balaban J connectivity index is 1.60. The summed E-state index contributed by atoms with van der Waals surface area (Å²) in [6.07, 6.45) is 0.962. The first-order valence-corrected chi connectivity index (χ1v) is 8.86. The highest BCUT2D eigenvalue weighted by Gasteiger charge is 2.29. The average molecular weight is 339 g/mol. The monoisotopic (exact) mass is 339 g/mol. The predicted molar refractivity (Wildman–Crippen MR) is 98.0 cm³/mol. The van der Waals surface area contributed by atoms with E-state index in [-0.39, 0.29) is 6.04 Å². The maximum Gasteiger partial charge on any atom is 0.407 e. The molecule has 1 saturated heterocycles. The second-order valence-corrected chi connectivity index (χ2v) is 6.89. The van der Waals surface area contributed by atoms with Crippen molar-refractivity contribution in [3.8, 4) is 5.75 Å². The fraction of sp³-hybridized carbons (Fsp3) is 0.381. The Hall–Kier alpha value is -2.49. The first-order valence-electron chi connectivity index (χ1n) is 8.86. The van der Waals surface area contributed by atoms with Crippen LogP contribution in [0.3, 0.4) is 0 Å². The molecule has 1 unspecified atom stereocenters. The van der Waals surface area contributed by atoms with Crippen LogP contribution < -0.4 is 4.74 Å². The van der Waals surface area contributed by atoms with E-state index in [0.29, 0.717) is 19.1 Å². The largest absolute Gasteiger partial charge is 0.489 e. The van der Waals surface area contributed by atoms with Crippen molar-refractivity contribution in [2.24, 2.45) is 0 Å². The quantitative estimate of drug-likeness (QED) is 0.814. The second kappa shape index (κ2) is 7.60. The fourth-order valence-electron chi connectivity index (χ4n) is 3.29. The van der Waals surface area contributed by atoms with Gasteiger partial charge in [-0.15, -0.1) is 0 Å². The molecule has 0 radical (unpaired) electrons. The molecule has 0 bridgehead atoms. The van der Waals surface area contributed by atoms with Crippen molar-refractivity contribution in [2.45, 2.75) is 45.3 Å². The molecule has 132 valence electrons. The first kappa shape index (κ1) is 17.3. The molecule has 0 spiro atoms. The standard InChI is InChI=1S/C21H25NO3/c1-15(2)17-7-5-16(6-8-17)14-25-19-11-9-18(10-12-19)20-4-3-13-22(20)21(23)24/h5-12,15,20H,3-4,13-14H2,1-2H3,(H,23,24). The van der Waals surface area contributed by atoms with Crippen molar-refractivity contribution >= 4 is 6.09 Å². The minimum atomic E-state index is -0.840. The number of hydrogen-bond acceptors (Lipinski definition) is 2. The second-order valence-electron chi connectivity index (χ2n) is 6.89. The summed E-state index contributed by atoms with van der Waals surface area (Å²) < 4.78 is 5.85. The van der Waals surface area contributed by atoms with E-state index in [9.17, 15) is 9.90 Å². The van der Waals surface area contributed by atoms with Crippen molar-refractivity contribution in [2.75, 3.05) is 6.54 Å². The highest BCUT2D eigenvalue weighted by Crippen LogP contribution is 2.32. The van der Waals surface area contributed by atoms with Gasteiger partial charge in [-0.05, 0) is 47.6 Å². The summed E-state index contributed by atoms with van der Waals surface area (Å²) in [6.45, 7) is 5.51. The fourth-order valence-corrected chi connectivity index (χ4v) is 3.29. The van der Waals surface area contributed by atoms with Crippen LogP contribution >= 0.6 is 0 Å². The van der Waals surface area contributed by atoms with Gasteiger partial charge in [-0.25, -0.2) is 4.79 Å². The van der Waals surface area contributed by atoms with Crippen molar-refractivity contribution in [3.05, 3.63) is 65.2 Å². The van der Waals surface area contributed by atoms with Crippen LogP contribution in [-0.2, 0) is 6.61 Å². The lowest BCUT2D eigenvalue weighted by Crippen LogP contribution is -2.28. The molecule has 3 rings (SSSR count). The zero-order valence-electron chi connectivity index (χ0n) is 14.8. The molecule has 0 saturated carbocycles. The minimum absolute atomic E-state index is 0.0323. The SMILES string of the molecule is CC(C)c1ccc(COc2ccc(C3CCCN3C(=O)O)cc2)cc1. The van der Waals surface area contributed by atoms with Gasteiger partial charge in [0.1, 0.15) is 12.4 Å². The van der Waals surface area contributed by atoms with Gasteiger partial charge in [0.2, 0.25) is 0 Å². The van der Waals surface area contributed by atoms with E-state index < -0.39 is 6.09 Å². The van der Waals surface area contributed by atoms with Gasteiger partial charge < -0.3 is 14.7 Å². The summed E-state index contributed by atoms with van der Waals surface area (Å²) in [7, 11) is 0. The molecule has 4 heteroatoms. The third-order valence-electron chi connectivity index (χ3n) is 4.82. The Kier molecular flexibility index (Phi) is 5.27. The lowest BCUT2D eigenvalue weighted by Gasteiger charge is -2.22. The zero-order chi connectivity index (χ0) is 17.8. The van der Waals surface area contributed by atoms with Gasteiger partial charge in [0, 0.05) is 6.54 Å². The topological polar surface area (TPSA) is 49.8 Å². The molecule has 2 aromatic carbocycles. The van der Waals surface area contributed by atoms with Crippen molar-refractivity contribution < 1.29 is 14.6 Å². The van der Waals surface area contributed by atoms with Gasteiger partial charge in [-0.1, -0.05) is 50.2 Å². The molecule has 1 amide bonds. The van der Waals surface area contributed by atoms with E-state index in [1.165, 1.54) is 10.5 Å². The minimum Gasteiger partial charge on any atom is -0.489 e. The molecule has 1 aliphatic rings. The van der Waals surface area contributed by atoms with Crippen molar-refractivity contribution in [1.29, 1.82) is 0 Å². The van der Waals surface area contributed by atoms with Crippen LogP contribution in [0.25, 0.3) is 0 Å². The van der Waals surface area contributed by atoms with Crippen LogP contribution in [-0.4, -0.2) is 22.6 Å². The summed E-state index contributed by atoms with van der Waals surface area (Å²) in [4.78, 5) is 12.8. The third kappa shape index (κ3) is 4.13. The number of ether oxygens (including phenoxy) is 1. The summed E-state index contributed by atoms with van der Waals surface area (Å²) in [5.41, 5.74) is 3.50. The van der Waals surface area contributed by atoms with E-state index in [4.69, 9.17) is 4.74 Å². The Labute approximate surface area is 149 Å². The van der Waals surface area contributed by atoms with Crippen LogP contribution in [0.5, 0.6) is 5.75 Å². The highest BCUT2D eigenvalue weighted by molar-refractivity contribution is 5.66. The summed E-state index contributed by atoms with van der Waals surface area (Å²) in [5, 5.41) is 9.26. The Morgan fingerprint density at radius 3 is 2.44 bits per heavy atom. The molecule has 0 aromatic heterocycles. The normalized spacial score (nSPS) is 17.1. The number of amides is 1. The van der Waals surface area contributed by atoms with Crippen LogP contribution in [0.1, 0.15) is 55.3 Å². The van der Waals surface area contributed by atoms with Crippen LogP contribution in [0.15, 0.2) is 48.5 Å². The van der Waals surface area contributed by atoms with Gasteiger partial charge in [-0.3, -0.25) is 0 Å². The van der Waals surface area contributed by atoms with Gasteiger partial charge in [0.25, 0.3) is 0 Å². The van der Waals surface area contributed by atoms with Gasteiger partial charge in [0.05, 0.1) is 6.04 Å². The van der Waals surface area contributed by atoms with Crippen molar-refractivity contribution in [3.63, 3.8) is 0 Å². The average Bonchev–Trinajstić information content (AvgIpc) is 3.11. The molecule has 1 N–H and O–H groups in total. The Morgan fingerprint density at radius 2 is 1.84 bits per heavy atom. The molecule has 1 aliphatic heterocycles.